The third-order valence-corrected chi connectivity index (χ3v) is 7.06. The largest absolute Gasteiger partial charge is 0.480 e. The van der Waals surface area contributed by atoms with Gasteiger partial charge in [0, 0.05) is 24.7 Å². The standard InChI is InChI=1S/C30H47NO8/c1-7-10-12-14-25(32)38-23-17-16-22(18-24(23)39-26(33)15-13-11-8-2)27(28(31)29(34)35)20(5)21(6)37-30(36)19(4)9-3/h16-21,27-28H,7-15,31H2,1-6H3,(H,34,35)/t19?,20?,21?,27?,28-/m0/s1. The van der Waals surface area contributed by atoms with E-state index in [0.29, 0.717) is 24.8 Å². The molecule has 1 aromatic rings. The molecule has 4 unspecified atom stereocenters. The van der Waals surface area contributed by atoms with Gasteiger partial charge in [0.25, 0.3) is 0 Å². The lowest BCUT2D eigenvalue weighted by Gasteiger charge is -2.32. The number of nitrogens with two attached hydrogens (primary N) is 1. The first kappa shape index (κ1) is 34.1. The normalized spacial score (nSPS) is 14.9. The van der Waals surface area contributed by atoms with Gasteiger partial charge in [-0.2, -0.15) is 0 Å². The lowest BCUT2D eigenvalue weighted by atomic mass is 9.79. The summed E-state index contributed by atoms with van der Waals surface area (Å²) in [6.07, 6.45) is 5.38. The van der Waals surface area contributed by atoms with Crippen LogP contribution in [-0.2, 0) is 23.9 Å². The van der Waals surface area contributed by atoms with Crippen LogP contribution in [-0.4, -0.2) is 41.1 Å². The molecule has 39 heavy (non-hydrogen) atoms. The summed E-state index contributed by atoms with van der Waals surface area (Å²) in [5.41, 5.74) is 6.60. The van der Waals surface area contributed by atoms with Crippen molar-refractivity contribution in [2.45, 2.75) is 117 Å². The number of carboxylic acid groups (broad SMARTS) is 1. The topological polar surface area (TPSA) is 142 Å². The smallest absolute Gasteiger partial charge is 0.321 e. The average Bonchev–Trinajstić information content (AvgIpc) is 2.89. The molecule has 0 saturated carbocycles. The van der Waals surface area contributed by atoms with E-state index in [1.807, 2.05) is 20.8 Å². The molecule has 3 N–H and O–H groups in total. The molecule has 0 aliphatic rings. The van der Waals surface area contributed by atoms with Crippen LogP contribution in [0, 0.1) is 11.8 Å². The molecule has 9 nitrogen and oxygen atoms in total. The molecule has 5 atom stereocenters. The lowest BCUT2D eigenvalue weighted by molar-refractivity contribution is -0.155. The Morgan fingerprint density at radius 2 is 1.38 bits per heavy atom. The van der Waals surface area contributed by atoms with Gasteiger partial charge in [-0.15, -0.1) is 0 Å². The number of unbranched alkanes of at least 4 members (excludes halogenated alkanes) is 4. The molecule has 0 aromatic heterocycles. The Hall–Kier alpha value is -2.94. The maximum Gasteiger partial charge on any atom is 0.321 e. The lowest BCUT2D eigenvalue weighted by Crippen LogP contribution is -2.43. The number of rotatable bonds is 18. The Balaban J connectivity index is 3.38. The second-order valence-corrected chi connectivity index (χ2v) is 10.3. The van der Waals surface area contributed by atoms with Crippen LogP contribution in [0.15, 0.2) is 18.2 Å². The number of benzene rings is 1. The number of carbonyl (C=O) groups is 4. The van der Waals surface area contributed by atoms with E-state index in [0.717, 1.165) is 25.7 Å². The molecule has 0 aliphatic heterocycles. The molecule has 0 heterocycles. The average molecular weight is 550 g/mol. The summed E-state index contributed by atoms with van der Waals surface area (Å²) in [6, 6.07) is 3.27. The van der Waals surface area contributed by atoms with Gasteiger partial charge >= 0.3 is 23.9 Å². The third-order valence-electron chi connectivity index (χ3n) is 7.06. The number of aliphatic carboxylic acids is 1. The van der Waals surface area contributed by atoms with E-state index in [-0.39, 0.29) is 36.2 Å². The molecule has 9 heteroatoms. The Labute approximate surface area is 232 Å². The summed E-state index contributed by atoms with van der Waals surface area (Å²) in [6.45, 7) is 11.2. The molecule has 1 aromatic carbocycles. The van der Waals surface area contributed by atoms with Crippen molar-refractivity contribution in [2.24, 2.45) is 17.6 Å². The number of carbonyl (C=O) groups excluding carboxylic acids is 3. The summed E-state index contributed by atoms with van der Waals surface area (Å²) >= 11 is 0. The number of carboxylic acids is 1. The highest BCUT2D eigenvalue weighted by molar-refractivity contribution is 5.77. The van der Waals surface area contributed by atoms with Crippen molar-refractivity contribution >= 4 is 23.9 Å². The van der Waals surface area contributed by atoms with Crippen LogP contribution in [0.4, 0.5) is 0 Å². The highest BCUT2D eigenvalue weighted by atomic mass is 16.6. The van der Waals surface area contributed by atoms with E-state index >= 15 is 0 Å². The van der Waals surface area contributed by atoms with E-state index in [2.05, 4.69) is 0 Å². The first-order valence-corrected chi connectivity index (χ1v) is 14.2. The first-order chi connectivity index (χ1) is 18.5. The van der Waals surface area contributed by atoms with Gasteiger partial charge in [0.1, 0.15) is 12.1 Å². The molecule has 0 aliphatic carbocycles. The molecular formula is C30H47NO8. The van der Waals surface area contributed by atoms with Crippen molar-refractivity contribution in [3.63, 3.8) is 0 Å². The van der Waals surface area contributed by atoms with Gasteiger partial charge in [-0.25, -0.2) is 0 Å². The maximum atomic E-state index is 12.6. The summed E-state index contributed by atoms with van der Waals surface area (Å²) in [7, 11) is 0. The summed E-state index contributed by atoms with van der Waals surface area (Å²) in [5.74, 6) is -4.01. The van der Waals surface area contributed by atoms with E-state index in [1.54, 1.807) is 26.8 Å². The van der Waals surface area contributed by atoms with Gasteiger partial charge in [0.2, 0.25) is 0 Å². The fourth-order valence-corrected chi connectivity index (χ4v) is 4.14. The van der Waals surface area contributed by atoms with Crippen LogP contribution in [0.25, 0.3) is 0 Å². The molecule has 0 spiro atoms. The predicted octanol–water partition coefficient (Wildman–Crippen LogP) is 5.77. The minimum absolute atomic E-state index is 0.0249. The Kier molecular flexibility index (Phi) is 15.4. The van der Waals surface area contributed by atoms with Crippen molar-refractivity contribution in [3.8, 4) is 11.5 Å². The van der Waals surface area contributed by atoms with Crippen molar-refractivity contribution in [1.82, 2.24) is 0 Å². The Morgan fingerprint density at radius 1 is 0.846 bits per heavy atom. The van der Waals surface area contributed by atoms with Crippen LogP contribution in [0.2, 0.25) is 0 Å². The van der Waals surface area contributed by atoms with Crippen LogP contribution >= 0.6 is 0 Å². The summed E-state index contributed by atoms with van der Waals surface area (Å²) in [5, 5.41) is 9.78. The van der Waals surface area contributed by atoms with Crippen LogP contribution < -0.4 is 15.2 Å². The molecule has 0 fully saturated rings. The first-order valence-electron chi connectivity index (χ1n) is 14.2. The minimum atomic E-state index is -1.33. The van der Waals surface area contributed by atoms with E-state index in [9.17, 15) is 24.3 Å². The molecule has 0 saturated heterocycles. The molecule has 0 bridgehead atoms. The highest BCUT2D eigenvalue weighted by Gasteiger charge is 2.36. The number of hydrogen-bond acceptors (Lipinski definition) is 8. The third kappa shape index (κ3) is 11.4. The summed E-state index contributed by atoms with van der Waals surface area (Å²) in [4.78, 5) is 49.4. The van der Waals surface area contributed by atoms with E-state index in [4.69, 9.17) is 19.9 Å². The zero-order valence-corrected chi connectivity index (χ0v) is 24.4. The van der Waals surface area contributed by atoms with Crippen molar-refractivity contribution in [1.29, 1.82) is 0 Å². The zero-order chi connectivity index (χ0) is 29.5. The Morgan fingerprint density at radius 3 is 1.87 bits per heavy atom. The van der Waals surface area contributed by atoms with Gasteiger partial charge in [0.15, 0.2) is 11.5 Å². The molecule has 1 rings (SSSR count). The zero-order valence-electron chi connectivity index (χ0n) is 24.4. The van der Waals surface area contributed by atoms with Gasteiger partial charge in [-0.3, -0.25) is 19.2 Å². The maximum absolute atomic E-state index is 12.6. The fourth-order valence-electron chi connectivity index (χ4n) is 4.14. The number of ether oxygens (including phenoxy) is 3. The SMILES string of the molecule is CCCCCC(=O)Oc1ccc(C(C(C)C(C)OC(=O)C(C)CC)[C@H](N)C(=O)O)cc1OC(=O)CCCCC. The van der Waals surface area contributed by atoms with E-state index < -0.39 is 41.9 Å². The van der Waals surface area contributed by atoms with Crippen LogP contribution in [0.3, 0.4) is 0 Å². The van der Waals surface area contributed by atoms with Gasteiger partial charge in [0.05, 0.1) is 5.92 Å². The van der Waals surface area contributed by atoms with Crippen LogP contribution in [0.5, 0.6) is 11.5 Å². The van der Waals surface area contributed by atoms with E-state index in [1.165, 1.54) is 12.1 Å². The highest BCUT2D eigenvalue weighted by Crippen LogP contribution is 2.37. The van der Waals surface area contributed by atoms with Crippen molar-refractivity contribution in [3.05, 3.63) is 23.8 Å². The molecular weight excluding hydrogens is 502 g/mol. The fraction of sp³-hybridized carbons (Fsp3) is 0.667. The predicted molar refractivity (Wildman–Crippen MR) is 149 cm³/mol. The molecule has 0 radical (unpaired) electrons. The van der Waals surface area contributed by atoms with Gasteiger partial charge in [-0.05, 0) is 43.9 Å². The minimum Gasteiger partial charge on any atom is -0.480 e. The van der Waals surface area contributed by atoms with Crippen molar-refractivity contribution < 1.29 is 38.5 Å². The molecule has 220 valence electrons. The summed E-state index contributed by atoms with van der Waals surface area (Å²) < 4.78 is 16.8. The monoisotopic (exact) mass is 549 g/mol. The second-order valence-electron chi connectivity index (χ2n) is 10.3. The van der Waals surface area contributed by atoms with Gasteiger partial charge < -0.3 is 25.1 Å². The van der Waals surface area contributed by atoms with Gasteiger partial charge in [-0.1, -0.05) is 66.4 Å². The quantitative estimate of drug-likeness (QED) is 0.133. The van der Waals surface area contributed by atoms with Crippen molar-refractivity contribution in [2.75, 3.05) is 0 Å². The second kappa shape index (κ2) is 17.6. The Bertz CT molecular complexity index is 947. The number of esters is 3. The molecule has 0 amide bonds. The number of hydrogen-bond donors (Lipinski definition) is 2. The van der Waals surface area contributed by atoms with Crippen LogP contribution in [0.1, 0.15) is 111 Å².